The SMILES string of the molecule is COC(=O)C(Cc1ccc(OCCN(C(=O)C=Cc2ccco2)C2CCCCC2)cc1)Nc1ccccc1C(=O)c1ccccc1. The molecule has 1 aliphatic rings. The van der Waals surface area contributed by atoms with Crippen molar-refractivity contribution in [3.8, 4) is 5.75 Å². The monoisotopic (exact) mass is 620 g/mol. The number of rotatable bonds is 14. The summed E-state index contributed by atoms with van der Waals surface area (Å²) in [6.45, 7) is 0.831. The van der Waals surface area contributed by atoms with Crippen molar-refractivity contribution in [2.45, 2.75) is 50.6 Å². The molecule has 0 saturated heterocycles. The van der Waals surface area contributed by atoms with Crippen LogP contribution in [0, 0.1) is 0 Å². The van der Waals surface area contributed by atoms with Gasteiger partial charge in [-0.1, -0.05) is 73.9 Å². The lowest BCUT2D eigenvalue weighted by molar-refractivity contribution is -0.141. The van der Waals surface area contributed by atoms with E-state index in [1.807, 2.05) is 59.5 Å². The Morgan fingerprint density at radius 2 is 1.65 bits per heavy atom. The van der Waals surface area contributed by atoms with Gasteiger partial charge < -0.3 is 24.1 Å². The van der Waals surface area contributed by atoms with Crippen LogP contribution in [0.1, 0.15) is 59.3 Å². The predicted octanol–water partition coefficient (Wildman–Crippen LogP) is 6.96. The molecule has 0 aliphatic heterocycles. The molecule has 3 aromatic carbocycles. The molecule has 1 saturated carbocycles. The molecule has 0 bridgehead atoms. The van der Waals surface area contributed by atoms with Gasteiger partial charge in [-0.3, -0.25) is 9.59 Å². The summed E-state index contributed by atoms with van der Waals surface area (Å²) in [6, 6.07) is 26.8. The van der Waals surface area contributed by atoms with Crippen molar-refractivity contribution in [1.82, 2.24) is 4.90 Å². The summed E-state index contributed by atoms with van der Waals surface area (Å²) >= 11 is 0. The summed E-state index contributed by atoms with van der Waals surface area (Å²) in [7, 11) is 1.35. The number of amides is 1. The molecule has 0 radical (unpaired) electrons. The van der Waals surface area contributed by atoms with Crippen molar-refractivity contribution in [2.24, 2.45) is 0 Å². The molecule has 1 heterocycles. The second kappa shape index (κ2) is 16.3. The maximum atomic E-state index is 13.2. The second-order valence-electron chi connectivity index (χ2n) is 11.3. The highest BCUT2D eigenvalue weighted by Gasteiger charge is 2.25. The summed E-state index contributed by atoms with van der Waals surface area (Å²) in [6.07, 6.45) is 10.6. The fraction of sp³-hybridized carbons (Fsp3) is 0.289. The Morgan fingerprint density at radius 3 is 2.37 bits per heavy atom. The van der Waals surface area contributed by atoms with Crippen LogP contribution in [0.4, 0.5) is 5.69 Å². The first-order valence-corrected chi connectivity index (χ1v) is 15.8. The van der Waals surface area contributed by atoms with Gasteiger partial charge in [0.05, 0.1) is 19.9 Å². The molecule has 8 heteroatoms. The van der Waals surface area contributed by atoms with E-state index in [4.69, 9.17) is 13.9 Å². The number of carbonyl (C=O) groups is 3. The maximum absolute atomic E-state index is 13.2. The van der Waals surface area contributed by atoms with E-state index in [1.165, 1.54) is 13.5 Å². The molecular formula is C38H40N2O6. The quantitative estimate of drug-likeness (QED) is 0.0925. The lowest BCUT2D eigenvalue weighted by Crippen LogP contribution is -2.42. The number of nitrogens with one attached hydrogen (secondary N) is 1. The zero-order chi connectivity index (χ0) is 32.1. The fourth-order valence-electron chi connectivity index (χ4n) is 5.80. The van der Waals surface area contributed by atoms with Crippen LogP contribution < -0.4 is 10.1 Å². The number of hydrogen-bond acceptors (Lipinski definition) is 7. The molecule has 46 heavy (non-hydrogen) atoms. The van der Waals surface area contributed by atoms with Gasteiger partial charge in [0.2, 0.25) is 5.91 Å². The molecule has 8 nitrogen and oxygen atoms in total. The average Bonchev–Trinajstić information content (AvgIpc) is 3.64. The Bertz CT molecular complexity index is 1590. The number of ketones is 1. The number of nitrogens with zero attached hydrogens (tertiary/aromatic N) is 1. The fourth-order valence-corrected chi connectivity index (χ4v) is 5.80. The molecule has 1 unspecified atom stereocenters. The summed E-state index contributed by atoms with van der Waals surface area (Å²) in [4.78, 5) is 41.1. The number of methoxy groups -OCH3 is 1. The van der Waals surface area contributed by atoms with Crippen molar-refractivity contribution < 1.29 is 28.3 Å². The normalized spacial score (nSPS) is 14.0. The molecule has 1 fully saturated rings. The van der Waals surface area contributed by atoms with E-state index >= 15 is 0 Å². The highest BCUT2D eigenvalue weighted by atomic mass is 16.5. The van der Waals surface area contributed by atoms with E-state index in [0.29, 0.717) is 47.9 Å². The van der Waals surface area contributed by atoms with Gasteiger partial charge >= 0.3 is 5.97 Å². The highest BCUT2D eigenvalue weighted by Crippen LogP contribution is 2.24. The van der Waals surface area contributed by atoms with Gasteiger partial charge in [-0.2, -0.15) is 0 Å². The van der Waals surface area contributed by atoms with Gasteiger partial charge in [-0.05, 0) is 60.9 Å². The number of benzene rings is 3. The van der Waals surface area contributed by atoms with Crippen LogP contribution in [0.2, 0.25) is 0 Å². The minimum absolute atomic E-state index is 0.0457. The lowest BCUT2D eigenvalue weighted by atomic mass is 9.94. The molecule has 1 atom stereocenters. The molecule has 1 aromatic heterocycles. The van der Waals surface area contributed by atoms with Gasteiger partial charge in [-0.25, -0.2) is 4.79 Å². The van der Waals surface area contributed by atoms with Crippen LogP contribution in [0.15, 0.2) is 108 Å². The van der Waals surface area contributed by atoms with Crippen molar-refractivity contribution in [2.75, 3.05) is 25.6 Å². The number of anilines is 1. The van der Waals surface area contributed by atoms with E-state index in [0.717, 1.165) is 31.2 Å². The largest absolute Gasteiger partial charge is 0.492 e. The van der Waals surface area contributed by atoms with E-state index < -0.39 is 12.0 Å². The topological polar surface area (TPSA) is 98.1 Å². The Morgan fingerprint density at radius 1 is 0.913 bits per heavy atom. The van der Waals surface area contributed by atoms with Crippen LogP contribution in [0.3, 0.4) is 0 Å². The average molecular weight is 621 g/mol. The number of esters is 1. The third-order valence-corrected chi connectivity index (χ3v) is 8.22. The number of para-hydroxylation sites is 1. The van der Waals surface area contributed by atoms with Gasteiger partial charge in [0, 0.05) is 35.4 Å². The predicted molar refractivity (Wildman–Crippen MR) is 178 cm³/mol. The zero-order valence-corrected chi connectivity index (χ0v) is 26.1. The number of furan rings is 1. The molecular weight excluding hydrogens is 580 g/mol. The van der Waals surface area contributed by atoms with E-state index in [9.17, 15) is 14.4 Å². The molecule has 0 spiro atoms. The standard InChI is InChI=1S/C38H40N2O6/c1-44-38(43)35(39-34-17-9-8-16-33(34)37(42)29-11-4-2-5-12-29)27-28-18-20-32(21-19-28)46-26-24-40(30-13-6-3-7-14-30)36(41)23-22-31-15-10-25-45-31/h2,4-5,8-12,15-23,25,30,35,39H,3,6-7,13-14,24,26-27H2,1H3. The Kier molecular flexibility index (Phi) is 11.4. The Labute approximate surface area is 270 Å². The van der Waals surface area contributed by atoms with Crippen molar-refractivity contribution in [3.63, 3.8) is 0 Å². The minimum Gasteiger partial charge on any atom is -0.492 e. The molecule has 238 valence electrons. The third kappa shape index (κ3) is 8.75. The van der Waals surface area contributed by atoms with Crippen LogP contribution in [-0.2, 0) is 20.7 Å². The number of hydrogen-bond donors (Lipinski definition) is 1. The Hall–Kier alpha value is -5.11. The zero-order valence-electron chi connectivity index (χ0n) is 26.1. The van der Waals surface area contributed by atoms with Gasteiger partial charge in [-0.15, -0.1) is 0 Å². The molecule has 1 N–H and O–H groups in total. The highest BCUT2D eigenvalue weighted by molar-refractivity contribution is 6.12. The summed E-state index contributed by atoms with van der Waals surface area (Å²) < 4.78 is 16.5. The molecule has 5 rings (SSSR count). The summed E-state index contributed by atoms with van der Waals surface area (Å²) in [5.74, 6) is 0.702. The number of ether oxygens (including phenoxy) is 2. The smallest absolute Gasteiger partial charge is 0.328 e. The third-order valence-electron chi connectivity index (χ3n) is 8.22. The molecule has 1 aliphatic carbocycles. The first-order chi connectivity index (χ1) is 22.5. The molecule has 1 amide bonds. The van der Waals surface area contributed by atoms with Crippen LogP contribution in [0.25, 0.3) is 6.08 Å². The van der Waals surface area contributed by atoms with Gasteiger partial charge in [0.15, 0.2) is 5.78 Å². The van der Waals surface area contributed by atoms with E-state index in [-0.39, 0.29) is 17.7 Å². The summed E-state index contributed by atoms with van der Waals surface area (Å²) in [5.41, 5.74) is 2.49. The first kappa shape index (κ1) is 32.3. The van der Waals surface area contributed by atoms with Crippen molar-refractivity contribution in [1.29, 1.82) is 0 Å². The van der Waals surface area contributed by atoms with E-state index in [2.05, 4.69) is 5.32 Å². The van der Waals surface area contributed by atoms with Crippen LogP contribution in [0.5, 0.6) is 5.75 Å². The van der Waals surface area contributed by atoms with Crippen LogP contribution in [-0.4, -0.2) is 54.9 Å². The first-order valence-electron chi connectivity index (χ1n) is 15.8. The van der Waals surface area contributed by atoms with Crippen molar-refractivity contribution in [3.05, 3.63) is 126 Å². The maximum Gasteiger partial charge on any atom is 0.328 e. The lowest BCUT2D eigenvalue weighted by Gasteiger charge is -2.33. The van der Waals surface area contributed by atoms with Crippen molar-refractivity contribution >= 4 is 29.4 Å². The minimum atomic E-state index is -0.717. The summed E-state index contributed by atoms with van der Waals surface area (Å²) in [5, 5.41) is 3.24. The number of carbonyl (C=O) groups excluding carboxylic acids is 3. The van der Waals surface area contributed by atoms with Crippen LogP contribution >= 0.6 is 0 Å². The van der Waals surface area contributed by atoms with Gasteiger partial charge in [0.25, 0.3) is 0 Å². The molecule has 4 aromatic rings. The van der Waals surface area contributed by atoms with E-state index in [1.54, 1.807) is 54.8 Å². The second-order valence-corrected chi connectivity index (χ2v) is 11.3. The van der Waals surface area contributed by atoms with Gasteiger partial charge in [0.1, 0.15) is 24.2 Å². The Balaban J connectivity index is 1.20.